The predicted molar refractivity (Wildman–Crippen MR) is 171 cm³/mol. The normalized spacial score (nSPS) is 11.3. The van der Waals surface area contributed by atoms with E-state index in [0.29, 0.717) is 5.92 Å². The van der Waals surface area contributed by atoms with Crippen LogP contribution < -0.4 is 4.40 Å². The molecule has 0 aliphatic heterocycles. The molecule has 41 heavy (non-hydrogen) atoms. The quantitative estimate of drug-likeness (QED) is 0.130. The van der Waals surface area contributed by atoms with E-state index >= 15 is 0 Å². The zero-order valence-corrected chi connectivity index (χ0v) is 29.1. The number of fused-ring (bicyclic) bond motifs is 3. The van der Waals surface area contributed by atoms with E-state index in [4.69, 9.17) is 9.40 Å². The van der Waals surface area contributed by atoms with E-state index in [-0.39, 0.29) is 20.1 Å². The second-order valence-electron chi connectivity index (χ2n) is 11.8. The molecule has 0 spiro atoms. The van der Waals surface area contributed by atoms with Gasteiger partial charge >= 0.3 is 126 Å². The number of aryl methyl sites for hydroxylation is 1. The van der Waals surface area contributed by atoms with Crippen LogP contribution in [-0.2, 0) is 26.5 Å². The van der Waals surface area contributed by atoms with Crippen LogP contribution in [0.25, 0.3) is 44.5 Å². The van der Waals surface area contributed by atoms with Crippen LogP contribution in [0.4, 0.5) is 0 Å². The van der Waals surface area contributed by atoms with Gasteiger partial charge in [0.1, 0.15) is 5.58 Å². The molecular formula is C36H36GeIrN2O-2. The van der Waals surface area contributed by atoms with Gasteiger partial charge in [-0.05, 0) is 24.8 Å². The molecule has 0 aliphatic carbocycles. The van der Waals surface area contributed by atoms with Crippen LogP contribution in [0.5, 0.6) is 0 Å². The summed E-state index contributed by atoms with van der Waals surface area (Å²) in [5, 5.41) is 2.24. The minimum absolute atomic E-state index is 0. The molecular weight excluding hydrogens is 741 g/mol. The van der Waals surface area contributed by atoms with Gasteiger partial charge in [0.15, 0.2) is 0 Å². The third kappa shape index (κ3) is 7.24. The number of hydrogen-bond donors (Lipinski definition) is 0. The summed E-state index contributed by atoms with van der Waals surface area (Å²) in [4.78, 5) is 9.14. The second kappa shape index (κ2) is 13.3. The van der Waals surface area contributed by atoms with Crippen molar-refractivity contribution in [3.05, 3.63) is 115 Å². The monoisotopic (exact) mass is 779 g/mol. The molecule has 211 valence electrons. The van der Waals surface area contributed by atoms with Crippen molar-refractivity contribution in [1.29, 1.82) is 0 Å². The van der Waals surface area contributed by atoms with Gasteiger partial charge in [0.05, 0.1) is 5.58 Å². The van der Waals surface area contributed by atoms with Gasteiger partial charge in [-0.3, -0.25) is 0 Å². The summed E-state index contributed by atoms with van der Waals surface area (Å²) in [5.74, 6) is 7.99. The maximum atomic E-state index is 6.01. The van der Waals surface area contributed by atoms with Crippen LogP contribution in [0.1, 0.15) is 25.0 Å². The van der Waals surface area contributed by atoms with E-state index in [1.165, 1.54) is 11.1 Å². The Labute approximate surface area is 260 Å². The number of rotatable bonds is 5. The summed E-state index contributed by atoms with van der Waals surface area (Å²) >= 11 is -1.86. The Balaban J connectivity index is 0.000000184. The van der Waals surface area contributed by atoms with Crippen LogP contribution in [0.3, 0.4) is 0 Å². The zero-order valence-electron chi connectivity index (χ0n) is 24.6. The van der Waals surface area contributed by atoms with E-state index in [2.05, 4.69) is 85.6 Å². The van der Waals surface area contributed by atoms with Crippen molar-refractivity contribution in [2.45, 2.75) is 44.5 Å². The molecule has 1 radical (unpaired) electrons. The van der Waals surface area contributed by atoms with Gasteiger partial charge < -0.3 is 9.40 Å². The van der Waals surface area contributed by atoms with Crippen LogP contribution >= 0.6 is 0 Å². The minimum atomic E-state index is -1.86. The third-order valence-electron chi connectivity index (χ3n) is 6.92. The number of hydrogen-bond acceptors (Lipinski definition) is 3. The molecule has 5 heteroatoms. The molecule has 0 aliphatic rings. The fraction of sp³-hybridized carbons (Fsp3) is 0.222. The average molecular weight is 778 g/mol. The Bertz CT molecular complexity index is 1750. The molecule has 0 amide bonds. The first kappa shape index (κ1) is 30.9. The molecule has 0 fully saturated rings. The maximum Gasteiger partial charge on any atom is 0.120 e. The summed E-state index contributed by atoms with van der Waals surface area (Å²) in [7, 11) is 0. The maximum absolute atomic E-state index is 6.01. The topological polar surface area (TPSA) is 38.9 Å². The van der Waals surface area contributed by atoms with Crippen LogP contribution in [-0.4, -0.2) is 23.2 Å². The number of furan rings is 1. The number of nitrogens with zero attached hydrogens (tertiary/aromatic N) is 2. The first-order valence-corrected chi connectivity index (χ1v) is 21.3. The molecule has 3 aromatic carbocycles. The molecule has 0 saturated carbocycles. The smallest absolute Gasteiger partial charge is 0.120 e. The number of benzene rings is 3. The molecule has 0 saturated heterocycles. The molecule has 3 aromatic heterocycles. The van der Waals surface area contributed by atoms with Gasteiger partial charge in [-0.1, -0.05) is 40.8 Å². The largest absolute Gasteiger partial charge is 0.501 e. The first-order chi connectivity index (χ1) is 19.2. The Kier molecular flexibility index (Phi) is 10.0. The molecule has 6 rings (SSSR count). The van der Waals surface area contributed by atoms with E-state index in [1.54, 1.807) is 4.40 Å². The second-order valence-corrected chi connectivity index (χ2v) is 22.3. The minimum Gasteiger partial charge on any atom is -0.501 e. The Morgan fingerprint density at radius 3 is 2.32 bits per heavy atom. The van der Waals surface area contributed by atoms with Gasteiger partial charge in [0.2, 0.25) is 0 Å². The molecule has 0 bridgehead atoms. The first-order valence-electron chi connectivity index (χ1n) is 13.9. The van der Waals surface area contributed by atoms with Crippen molar-refractivity contribution in [2.75, 3.05) is 0 Å². The summed E-state index contributed by atoms with van der Waals surface area (Å²) in [6, 6.07) is 33.0. The Morgan fingerprint density at radius 1 is 0.829 bits per heavy atom. The SMILES string of the molecule is CC(C)Cc1cc(-c2[c-]cccc2)nc[c]1[Ge]([CH3])([CH3])[CH3].Cc1ccnc(-c2[c-]ccc3c2oc2ccccc23)c1.[Ir]. The summed E-state index contributed by atoms with van der Waals surface area (Å²) in [5.41, 5.74) is 8.38. The van der Waals surface area contributed by atoms with Crippen molar-refractivity contribution in [3.63, 3.8) is 0 Å². The molecule has 0 atom stereocenters. The molecule has 6 aromatic rings. The van der Waals surface area contributed by atoms with Crippen molar-refractivity contribution >= 4 is 39.6 Å². The standard InChI is InChI=1S/C18H24GeN.C18H12NO.Ir/c1-14(2)11-16-12-18(15-9-7-6-8-10-15)20-13-17(16)19(3,4)5;1-12-9-10-19-16(11-12)15-7-4-6-14-13-5-2-3-8-17(13)20-18(14)15;/h6-9,12-14H,11H2,1-5H3;2-6,8-11H,1H3;/q2*-1;. The zero-order chi connectivity index (χ0) is 28.3. The average Bonchev–Trinajstić information content (AvgIpc) is 3.32. The molecule has 3 heterocycles. The molecule has 0 unspecified atom stereocenters. The Morgan fingerprint density at radius 2 is 1.61 bits per heavy atom. The summed E-state index contributed by atoms with van der Waals surface area (Å²) in [6.45, 7) is 6.63. The summed E-state index contributed by atoms with van der Waals surface area (Å²) < 4.78 is 7.55. The van der Waals surface area contributed by atoms with Gasteiger partial charge in [0.25, 0.3) is 0 Å². The fourth-order valence-corrected chi connectivity index (χ4v) is 8.37. The Hall–Kier alpha value is -3.05. The molecule has 0 N–H and O–H groups in total. The van der Waals surface area contributed by atoms with E-state index in [0.717, 1.165) is 50.9 Å². The van der Waals surface area contributed by atoms with Gasteiger partial charge in [0, 0.05) is 31.7 Å². The van der Waals surface area contributed by atoms with Gasteiger partial charge in [-0.25, -0.2) is 0 Å². The summed E-state index contributed by atoms with van der Waals surface area (Å²) in [6.07, 6.45) is 5.09. The van der Waals surface area contributed by atoms with E-state index < -0.39 is 13.3 Å². The van der Waals surface area contributed by atoms with Crippen LogP contribution in [0, 0.1) is 25.0 Å². The fourth-order valence-electron chi connectivity index (χ4n) is 5.03. The molecule has 3 nitrogen and oxygen atoms in total. The number of aromatic nitrogens is 2. The van der Waals surface area contributed by atoms with Crippen LogP contribution in [0.15, 0.2) is 95.7 Å². The van der Waals surface area contributed by atoms with Gasteiger partial charge in [-0.15, -0.1) is 18.2 Å². The number of para-hydroxylation sites is 1. The van der Waals surface area contributed by atoms with Crippen molar-refractivity contribution in [2.24, 2.45) is 5.92 Å². The van der Waals surface area contributed by atoms with Gasteiger partial charge in [-0.2, -0.15) is 0 Å². The van der Waals surface area contributed by atoms with Crippen molar-refractivity contribution < 1.29 is 24.5 Å². The third-order valence-corrected chi connectivity index (χ3v) is 11.3. The predicted octanol–water partition coefficient (Wildman–Crippen LogP) is 9.05. The van der Waals surface area contributed by atoms with Crippen molar-refractivity contribution in [1.82, 2.24) is 9.97 Å². The number of pyridine rings is 2. The van der Waals surface area contributed by atoms with Crippen LogP contribution in [0.2, 0.25) is 17.3 Å². The van der Waals surface area contributed by atoms with E-state index in [1.807, 2.05) is 60.8 Å². The van der Waals surface area contributed by atoms with Crippen molar-refractivity contribution in [3.8, 4) is 22.5 Å². The van der Waals surface area contributed by atoms with E-state index in [9.17, 15) is 0 Å².